The maximum Gasteiger partial charge on any atom is 0.416 e. The lowest BCUT2D eigenvalue weighted by Crippen LogP contribution is -2.52. The number of nitrogens with one attached hydrogen (secondary N) is 3. The number of carbonyl (C=O) groups excluding carboxylic acids is 6. The van der Waals surface area contributed by atoms with Crippen molar-refractivity contribution in [2.75, 3.05) is 24.1 Å². The highest BCUT2D eigenvalue weighted by Gasteiger charge is 2.39. The molecule has 3 aliphatic heterocycles. The summed E-state index contributed by atoms with van der Waals surface area (Å²) in [7, 11) is 0. The van der Waals surface area contributed by atoms with E-state index in [9.17, 15) is 41.9 Å². The summed E-state index contributed by atoms with van der Waals surface area (Å²) in [6, 6.07) is 12.4. The molecule has 68 heavy (non-hydrogen) atoms. The van der Waals surface area contributed by atoms with Crippen LogP contribution in [0.1, 0.15) is 113 Å². The van der Waals surface area contributed by atoms with Gasteiger partial charge in [0.05, 0.1) is 24.0 Å². The molecule has 3 atom stereocenters. The first kappa shape index (κ1) is 45.3. The van der Waals surface area contributed by atoms with Gasteiger partial charge in [0.25, 0.3) is 11.8 Å². The number of rotatable bonds is 7. The average molecular weight is 927 g/mol. The normalized spacial score (nSPS) is 20.0. The number of aromatic nitrogens is 4. The number of nitrogens with zero attached hydrogens (tertiary/aromatic N) is 6. The average Bonchev–Trinajstić information content (AvgIpc) is 4.03. The van der Waals surface area contributed by atoms with Crippen molar-refractivity contribution >= 4 is 58.7 Å². The largest absolute Gasteiger partial charge is 0.416 e. The van der Waals surface area contributed by atoms with E-state index in [0.717, 1.165) is 29.7 Å². The fourth-order valence-corrected chi connectivity index (χ4v) is 9.25. The minimum atomic E-state index is -4.60. The van der Waals surface area contributed by atoms with Crippen LogP contribution in [0.15, 0.2) is 73.1 Å². The third-order valence-electron chi connectivity index (χ3n) is 12.6. The Morgan fingerprint density at radius 1 is 0.956 bits per heavy atom. The van der Waals surface area contributed by atoms with Gasteiger partial charge in [0.2, 0.25) is 23.6 Å². The number of imidazole rings is 1. The number of alkyl halides is 3. The minimum absolute atomic E-state index is 0.0749. The Hall–Kier alpha value is -7.88. The first-order chi connectivity index (χ1) is 32.7. The molecule has 6 amide bonds. The Labute approximate surface area is 387 Å². The number of piperidine rings is 1. The van der Waals surface area contributed by atoms with Gasteiger partial charge < -0.3 is 26.2 Å². The van der Waals surface area contributed by atoms with E-state index in [-0.39, 0.29) is 91.7 Å². The number of amides is 6. The van der Waals surface area contributed by atoms with Crippen LogP contribution in [0.2, 0.25) is 0 Å². The zero-order valence-corrected chi connectivity index (χ0v) is 36.6. The predicted octanol–water partition coefficient (Wildman–Crippen LogP) is 5.63. The lowest BCUT2D eigenvalue weighted by atomic mass is 10.0. The molecule has 0 spiro atoms. The number of carbonyl (C=O) groups is 6. The lowest BCUT2D eigenvalue weighted by Gasteiger charge is -2.29. The van der Waals surface area contributed by atoms with E-state index in [2.05, 4.69) is 37.8 Å². The second kappa shape index (κ2) is 18.8. The molecule has 1 saturated carbocycles. The lowest BCUT2D eigenvalue weighted by molar-refractivity contribution is -0.138. The summed E-state index contributed by atoms with van der Waals surface area (Å²) in [5.74, 6) is 4.72. The molecule has 4 aliphatic rings. The third kappa shape index (κ3) is 9.52. The summed E-state index contributed by atoms with van der Waals surface area (Å²) < 4.78 is 41.7. The summed E-state index contributed by atoms with van der Waals surface area (Å²) in [5, 5.41) is 7.87. The molecule has 3 aromatic heterocycles. The second-order valence-corrected chi connectivity index (χ2v) is 17.2. The van der Waals surface area contributed by atoms with E-state index in [4.69, 9.17) is 10.7 Å². The van der Waals surface area contributed by atoms with E-state index >= 15 is 0 Å². The number of anilines is 2. The van der Waals surface area contributed by atoms with Crippen LogP contribution in [0, 0.1) is 11.8 Å². The van der Waals surface area contributed by atoms with Crippen molar-refractivity contribution in [2.24, 2.45) is 0 Å². The quantitative estimate of drug-likeness (QED) is 0.0898. The van der Waals surface area contributed by atoms with Gasteiger partial charge in [-0.05, 0) is 92.6 Å². The van der Waals surface area contributed by atoms with Crippen LogP contribution in [0.3, 0.4) is 0 Å². The molecule has 1 aliphatic carbocycles. The molecule has 2 aromatic carbocycles. The monoisotopic (exact) mass is 926 g/mol. The number of hydrogen-bond donors (Lipinski definition) is 4. The van der Waals surface area contributed by atoms with E-state index < -0.39 is 29.6 Å². The summed E-state index contributed by atoms with van der Waals surface area (Å²) in [6.45, 7) is 0.431. The highest BCUT2D eigenvalue weighted by atomic mass is 19.4. The van der Waals surface area contributed by atoms with Gasteiger partial charge in [-0.15, -0.1) is 0 Å². The zero-order valence-electron chi connectivity index (χ0n) is 36.6. The highest BCUT2D eigenvalue weighted by Crippen LogP contribution is 2.39. The zero-order chi connectivity index (χ0) is 47.7. The van der Waals surface area contributed by atoms with Crippen LogP contribution in [-0.2, 0) is 31.9 Å². The number of imide groups is 1. The first-order valence-electron chi connectivity index (χ1n) is 22.3. The van der Waals surface area contributed by atoms with Crippen LogP contribution in [0.5, 0.6) is 0 Å². The van der Waals surface area contributed by atoms with Gasteiger partial charge in [0.15, 0.2) is 0 Å². The topological polar surface area (TPSA) is 214 Å². The van der Waals surface area contributed by atoms with Crippen molar-refractivity contribution in [1.82, 2.24) is 39.8 Å². The fraction of sp³-hybridized carbons (Fsp3) is 0.327. The molecule has 6 heterocycles. The van der Waals surface area contributed by atoms with Crippen LogP contribution in [0.4, 0.5) is 24.8 Å². The van der Waals surface area contributed by atoms with Gasteiger partial charge in [0.1, 0.15) is 34.7 Å². The van der Waals surface area contributed by atoms with E-state index in [1.54, 1.807) is 35.4 Å². The molecule has 1 saturated heterocycles. The van der Waals surface area contributed by atoms with Crippen LogP contribution in [-0.4, -0.2) is 89.8 Å². The van der Waals surface area contributed by atoms with Crippen molar-refractivity contribution in [2.45, 2.75) is 88.5 Å². The number of fused-ring (bicyclic) bond motifs is 4. The van der Waals surface area contributed by atoms with Gasteiger partial charge >= 0.3 is 6.18 Å². The van der Waals surface area contributed by atoms with E-state index in [1.807, 2.05) is 22.6 Å². The van der Waals surface area contributed by atoms with Gasteiger partial charge in [-0.2, -0.15) is 13.2 Å². The Morgan fingerprint density at radius 2 is 1.78 bits per heavy atom. The smallest absolute Gasteiger partial charge is 0.382 e. The van der Waals surface area contributed by atoms with Crippen molar-refractivity contribution in [3.05, 3.63) is 112 Å². The number of unbranched alkanes of at least 4 members (excludes halogenated alkanes) is 1. The number of halogens is 3. The molecule has 19 heteroatoms. The summed E-state index contributed by atoms with van der Waals surface area (Å²) >= 11 is 0. The molecule has 2 bridgehead atoms. The molecule has 1 unspecified atom stereocenters. The molecule has 0 radical (unpaired) electrons. The van der Waals surface area contributed by atoms with Gasteiger partial charge in [-0.1, -0.05) is 30.0 Å². The van der Waals surface area contributed by atoms with Crippen LogP contribution in [0.25, 0.3) is 22.9 Å². The highest BCUT2D eigenvalue weighted by molar-refractivity contribution is 6.06. The number of pyridine rings is 1. The Bertz CT molecular complexity index is 2970. The Balaban J connectivity index is 0.864. The maximum atomic E-state index is 13.6. The molecular formula is C49H45F3N10O6. The molecule has 5 aromatic rings. The molecule has 2 fully saturated rings. The Kier molecular flexibility index (Phi) is 12.5. The molecule has 348 valence electrons. The molecular weight excluding hydrogens is 882 g/mol. The van der Waals surface area contributed by atoms with E-state index in [0.29, 0.717) is 72.1 Å². The van der Waals surface area contributed by atoms with Crippen LogP contribution < -0.4 is 21.7 Å². The fourth-order valence-electron chi connectivity index (χ4n) is 9.25. The summed E-state index contributed by atoms with van der Waals surface area (Å²) in [5.41, 5.74) is 10.1. The molecule has 9 rings (SSSR count). The maximum absolute atomic E-state index is 13.6. The molecule has 5 N–H and O–H groups in total. The number of nitrogens with two attached hydrogens (primary N) is 1. The van der Waals surface area contributed by atoms with E-state index in [1.165, 1.54) is 17.0 Å². The summed E-state index contributed by atoms with van der Waals surface area (Å²) in [6.07, 6.45) is 5.76. The second-order valence-electron chi connectivity index (χ2n) is 17.2. The number of nitrogen functional groups attached to an aromatic ring is 1. The van der Waals surface area contributed by atoms with Gasteiger partial charge in [0, 0.05) is 72.8 Å². The first-order valence-corrected chi connectivity index (χ1v) is 22.3. The number of benzene rings is 2. The SMILES string of the molecule is Nc1ncc2n3c(nc(-c4ccc(C(=O)Nc5cc(C(F)(F)F)ccn5)cc4)c13)[C@@H]1CC[C@H](C1)NC(=O)CN(C(=O)CCCC#Cc1ccc3c(c1)CN(C1CCC(=O)NC1=O)C3=O)CC/C=C/2. The Morgan fingerprint density at radius 3 is 2.57 bits per heavy atom. The van der Waals surface area contributed by atoms with Crippen LogP contribution >= 0.6 is 0 Å². The molecule has 16 nitrogen and oxygen atoms in total. The van der Waals surface area contributed by atoms with Crippen molar-refractivity contribution < 1.29 is 41.9 Å². The predicted molar refractivity (Wildman–Crippen MR) is 242 cm³/mol. The third-order valence-corrected chi connectivity index (χ3v) is 12.6. The van der Waals surface area contributed by atoms with Crippen molar-refractivity contribution in [1.29, 1.82) is 0 Å². The number of hydrogen-bond acceptors (Lipinski definition) is 10. The van der Waals surface area contributed by atoms with Gasteiger partial charge in [-0.3, -0.25) is 38.5 Å². The summed E-state index contributed by atoms with van der Waals surface area (Å²) in [4.78, 5) is 93.7. The van der Waals surface area contributed by atoms with Crippen molar-refractivity contribution in [3.63, 3.8) is 0 Å². The standard InChI is InChI=1S/C49H45F3N10O6/c50-49(51,52)33-19-20-54-38(24-33)57-46(66)30-12-10-29(11-13-30)42-43-44(53)55-25-35-7-4-5-21-60(27-40(64)56-34-15-14-31(23-34)45(59-42)62(35)43)41(65)8-3-1-2-6-28-9-16-36-32(22-28)26-61(48(36)68)37-17-18-39(63)58-47(37)67/h4,7,9-13,16,19-20,22,24-25,31,34,37H,1,3,5,8,14-15,17-18,21,23,26-27H2,(H2,53,55)(H,56,64)(H,54,57,66)(H,58,63,67)/b7-4+/t31-,34-,37?/m1/s1. The van der Waals surface area contributed by atoms with Crippen molar-refractivity contribution in [3.8, 4) is 23.1 Å². The minimum Gasteiger partial charge on any atom is -0.382 e. The van der Waals surface area contributed by atoms with Gasteiger partial charge in [-0.25, -0.2) is 15.0 Å².